The van der Waals surface area contributed by atoms with Gasteiger partial charge in [0.25, 0.3) is 0 Å². The first-order chi connectivity index (χ1) is 11.7. The van der Waals surface area contributed by atoms with Crippen molar-refractivity contribution in [3.8, 4) is 0 Å². The minimum Gasteiger partial charge on any atom is -0.465 e. The molecule has 2 aromatic rings. The average Bonchev–Trinajstić information content (AvgIpc) is 2.55. The third kappa shape index (κ3) is 4.63. The minimum absolute atomic E-state index is 0.0477. The van der Waals surface area contributed by atoms with Crippen LogP contribution in [-0.4, -0.2) is 19.1 Å². The van der Waals surface area contributed by atoms with Crippen molar-refractivity contribution < 1.29 is 27.5 Å². The third-order valence-electron chi connectivity index (χ3n) is 3.12. The lowest BCUT2D eigenvalue weighted by Crippen LogP contribution is -2.22. The number of hydrogen-bond acceptors (Lipinski definition) is 3. The molecule has 2 N–H and O–H groups in total. The van der Waals surface area contributed by atoms with Crippen LogP contribution in [0.4, 0.5) is 29.3 Å². The summed E-state index contributed by atoms with van der Waals surface area (Å²) < 4.78 is 43.3. The van der Waals surface area contributed by atoms with Crippen molar-refractivity contribution >= 4 is 35.0 Å². The maximum atomic E-state index is 12.9. The van der Waals surface area contributed by atoms with E-state index in [1.54, 1.807) is 0 Å². The number of halogens is 4. The standard InChI is InChI=1S/C16H12ClF3N2O3/c1-25-14(23)9-6-7-11(17)13(8-9)22-15(24)21-12-5-3-2-4-10(12)16(18,19)20/h2-8H,1H3,(H2,21,22,24). The van der Waals surface area contributed by atoms with Gasteiger partial charge in [0.05, 0.1) is 34.6 Å². The van der Waals surface area contributed by atoms with Crippen LogP contribution in [-0.2, 0) is 10.9 Å². The molecule has 9 heteroatoms. The van der Waals surface area contributed by atoms with Gasteiger partial charge in [0.1, 0.15) is 0 Å². The lowest BCUT2D eigenvalue weighted by Gasteiger charge is -2.14. The number of rotatable bonds is 3. The lowest BCUT2D eigenvalue weighted by atomic mass is 10.1. The van der Waals surface area contributed by atoms with E-state index in [0.29, 0.717) is 0 Å². The summed E-state index contributed by atoms with van der Waals surface area (Å²) in [4.78, 5) is 23.5. The number of carbonyl (C=O) groups excluding carboxylic acids is 2. The van der Waals surface area contributed by atoms with Crippen LogP contribution in [0, 0.1) is 0 Å². The fourth-order valence-electron chi connectivity index (χ4n) is 1.98. The van der Waals surface area contributed by atoms with Gasteiger partial charge in [0.2, 0.25) is 0 Å². The number of ether oxygens (including phenoxy) is 1. The average molecular weight is 373 g/mol. The van der Waals surface area contributed by atoms with E-state index in [9.17, 15) is 22.8 Å². The summed E-state index contributed by atoms with van der Waals surface area (Å²) in [7, 11) is 1.19. The van der Waals surface area contributed by atoms with Crippen molar-refractivity contribution in [1.29, 1.82) is 0 Å². The molecule has 0 radical (unpaired) electrons. The molecule has 0 aliphatic heterocycles. The second-order valence-corrected chi connectivity index (χ2v) is 5.22. The first-order valence-electron chi connectivity index (χ1n) is 6.84. The highest BCUT2D eigenvalue weighted by Crippen LogP contribution is 2.34. The highest BCUT2D eigenvalue weighted by atomic mass is 35.5. The summed E-state index contributed by atoms with van der Waals surface area (Å²) in [5.74, 6) is -0.650. The van der Waals surface area contributed by atoms with E-state index < -0.39 is 29.4 Å². The van der Waals surface area contributed by atoms with Crippen LogP contribution in [0.3, 0.4) is 0 Å². The van der Waals surface area contributed by atoms with Gasteiger partial charge in [-0.1, -0.05) is 23.7 Å². The number of hydrogen-bond donors (Lipinski definition) is 2. The zero-order valence-corrected chi connectivity index (χ0v) is 13.5. The molecule has 0 fully saturated rings. The molecule has 0 aliphatic carbocycles. The topological polar surface area (TPSA) is 67.4 Å². The number of alkyl halides is 3. The molecule has 0 heterocycles. The molecule has 0 saturated carbocycles. The predicted molar refractivity (Wildman–Crippen MR) is 86.9 cm³/mol. The van der Waals surface area contributed by atoms with Crippen molar-refractivity contribution in [3.05, 3.63) is 58.6 Å². The van der Waals surface area contributed by atoms with E-state index in [1.165, 1.54) is 37.4 Å². The van der Waals surface area contributed by atoms with Gasteiger partial charge in [-0.25, -0.2) is 9.59 Å². The van der Waals surface area contributed by atoms with Gasteiger partial charge in [-0.2, -0.15) is 13.2 Å². The fraction of sp³-hybridized carbons (Fsp3) is 0.125. The molecule has 0 aliphatic rings. The maximum Gasteiger partial charge on any atom is 0.418 e. The molecule has 5 nitrogen and oxygen atoms in total. The van der Waals surface area contributed by atoms with Gasteiger partial charge in [-0.05, 0) is 30.3 Å². The summed E-state index contributed by atoms with van der Waals surface area (Å²) in [6.45, 7) is 0. The zero-order valence-electron chi connectivity index (χ0n) is 12.8. The van der Waals surface area contributed by atoms with Gasteiger partial charge >= 0.3 is 18.2 Å². The van der Waals surface area contributed by atoms with Crippen LogP contribution >= 0.6 is 11.6 Å². The maximum absolute atomic E-state index is 12.9. The summed E-state index contributed by atoms with van der Waals surface area (Å²) in [6, 6.07) is 7.58. The van der Waals surface area contributed by atoms with Gasteiger partial charge in [-0.15, -0.1) is 0 Å². The normalized spacial score (nSPS) is 10.9. The minimum atomic E-state index is -4.62. The van der Waals surface area contributed by atoms with Crippen LogP contribution in [0.15, 0.2) is 42.5 Å². The molecule has 0 unspecified atom stereocenters. The number of benzene rings is 2. The quantitative estimate of drug-likeness (QED) is 0.761. The Balaban J connectivity index is 2.21. The summed E-state index contributed by atoms with van der Waals surface area (Å²) >= 11 is 5.92. The Bertz CT molecular complexity index is 809. The summed E-state index contributed by atoms with van der Waals surface area (Å²) in [5, 5.41) is 4.51. The molecular formula is C16H12ClF3N2O3. The monoisotopic (exact) mass is 372 g/mol. The van der Waals surface area contributed by atoms with Crippen molar-refractivity contribution in [3.63, 3.8) is 0 Å². The smallest absolute Gasteiger partial charge is 0.418 e. The number of urea groups is 1. The third-order valence-corrected chi connectivity index (χ3v) is 3.45. The first-order valence-corrected chi connectivity index (χ1v) is 7.22. The van der Waals surface area contributed by atoms with Gasteiger partial charge < -0.3 is 15.4 Å². The molecule has 0 atom stereocenters. The zero-order chi connectivity index (χ0) is 18.6. The van der Waals surface area contributed by atoms with Gasteiger partial charge in [0, 0.05) is 0 Å². The van der Waals surface area contributed by atoms with Crippen LogP contribution < -0.4 is 10.6 Å². The fourth-order valence-corrected chi connectivity index (χ4v) is 2.15. The van der Waals surface area contributed by atoms with Gasteiger partial charge in [0.15, 0.2) is 0 Å². The molecule has 0 bridgehead atoms. The van der Waals surface area contributed by atoms with E-state index in [4.69, 9.17) is 11.6 Å². The molecule has 2 rings (SSSR count). The molecule has 0 aromatic heterocycles. The number of carbonyl (C=O) groups is 2. The molecule has 25 heavy (non-hydrogen) atoms. The van der Waals surface area contributed by atoms with E-state index >= 15 is 0 Å². The van der Waals surface area contributed by atoms with Crippen molar-refractivity contribution in [1.82, 2.24) is 0 Å². The molecule has 0 spiro atoms. The van der Waals surface area contributed by atoms with E-state index in [-0.39, 0.29) is 16.3 Å². The highest BCUT2D eigenvalue weighted by molar-refractivity contribution is 6.34. The largest absolute Gasteiger partial charge is 0.465 e. The van der Waals surface area contributed by atoms with Crippen LogP contribution in [0.5, 0.6) is 0 Å². The number of anilines is 2. The molecule has 132 valence electrons. The number of para-hydroxylation sites is 1. The van der Waals surface area contributed by atoms with E-state index in [1.807, 2.05) is 0 Å². The number of methoxy groups -OCH3 is 1. The predicted octanol–water partition coefficient (Wildman–Crippen LogP) is 4.79. The van der Waals surface area contributed by atoms with E-state index in [2.05, 4.69) is 15.4 Å². The Morgan fingerprint density at radius 3 is 2.32 bits per heavy atom. The molecule has 2 aromatic carbocycles. The first kappa shape index (κ1) is 18.6. The Kier molecular flexibility index (Phi) is 5.53. The van der Waals surface area contributed by atoms with Crippen molar-refractivity contribution in [2.45, 2.75) is 6.18 Å². The SMILES string of the molecule is COC(=O)c1ccc(Cl)c(NC(=O)Nc2ccccc2C(F)(F)F)c1. The second kappa shape index (κ2) is 7.43. The molecule has 2 amide bonds. The highest BCUT2D eigenvalue weighted by Gasteiger charge is 2.33. The van der Waals surface area contributed by atoms with Crippen LogP contribution in [0.25, 0.3) is 0 Å². The van der Waals surface area contributed by atoms with Crippen LogP contribution in [0.1, 0.15) is 15.9 Å². The van der Waals surface area contributed by atoms with Gasteiger partial charge in [-0.3, -0.25) is 0 Å². The number of amides is 2. The Morgan fingerprint density at radius 2 is 1.68 bits per heavy atom. The second-order valence-electron chi connectivity index (χ2n) is 4.81. The van der Waals surface area contributed by atoms with Crippen LogP contribution in [0.2, 0.25) is 5.02 Å². The number of nitrogens with one attached hydrogen (secondary N) is 2. The Hall–Kier alpha value is -2.74. The van der Waals surface area contributed by atoms with E-state index in [0.717, 1.165) is 12.1 Å². The van der Waals surface area contributed by atoms with Crippen molar-refractivity contribution in [2.75, 3.05) is 17.7 Å². The Labute approximate surface area is 145 Å². The van der Waals surface area contributed by atoms with Crippen molar-refractivity contribution in [2.24, 2.45) is 0 Å². The summed E-state index contributed by atoms with van der Waals surface area (Å²) in [6.07, 6.45) is -4.62. The number of esters is 1. The molecule has 0 saturated heterocycles. The molecular weight excluding hydrogens is 361 g/mol. The lowest BCUT2D eigenvalue weighted by molar-refractivity contribution is -0.136. The Morgan fingerprint density at radius 1 is 1.04 bits per heavy atom. The summed E-state index contributed by atoms with van der Waals surface area (Å²) in [5.41, 5.74) is -1.23.